The summed E-state index contributed by atoms with van der Waals surface area (Å²) in [6, 6.07) is 23.3. The van der Waals surface area contributed by atoms with Crippen molar-refractivity contribution >= 4 is 43.5 Å². The molecule has 226 valence electrons. The van der Waals surface area contributed by atoms with Crippen molar-refractivity contribution in [3.05, 3.63) is 100 Å². The number of carbonyl (C=O) groups excluding carboxylic acids is 2. The van der Waals surface area contributed by atoms with E-state index in [1.807, 2.05) is 87.5 Å². The van der Waals surface area contributed by atoms with Crippen LogP contribution in [0.5, 0.6) is 0 Å². The van der Waals surface area contributed by atoms with Crippen molar-refractivity contribution in [3.63, 3.8) is 0 Å². The number of hydrogen-bond donors (Lipinski definition) is 1. The highest BCUT2D eigenvalue weighted by Crippen LogP contribution is 2.26. The molecule has 0 spiro atoms. The summed E-state index contributed by atoms with van der Waals surface area (Å²) >= 11 is 3.45. The van der Waals surface area contributed by atoms with Crippen molar-refractivity contribution in [3.8, 4) is 0 Å². The molecule has 1 atom stereocenters. The highest BCUT2D eigenvalue weighted by molar-refractivity contribution is 9.10. The maximum Gasteiger partial charge on any atom is 0.244 e. The average Bonchev–Trinajstić information content (AvgIpc) is 2.88. The molecule has 0 aromatic heterocycles. The second-order valence-electron chi connectivity index (χ2n) is 12.7. The van der Waals surface area contributed by atoms with Crippen LogP contribution in [0.2, 0.25) is 0 Å². The van der Waals surface area contributed by atoms with Gasteiger partial charge in [0.05, 0.1) is 11.9 Å². The highest BCUT2D eigenvalue weighted by Gasteiger charge is 2.34. The molecule has 7 nitrogen and oxygen atoms in total. The van der Waals surface area contributed by atoms with Gasteiger partial charge in [0.2, 0.25) is 21.8 Å². The summed E-state index contributed by atoms with van der Waals surface area (Å²) in [5.41, 5.74) is 2.49. The van der Waals surface area contributed by atoms with E-state index in [1.165, 1.54) is 4.90 Å². The number of sulfonamides is 1. The zero-order valence-corrected chi connectivity index (χ0v) is 27.9. The van der Waals surface area contributed by atoms with Crippen LogP contribution in [0.1, 0.15) is 58.2 Å². The van der Waals surface area contributed by atoms with E-state index in [0.717, 1.165) is 31.7 Å². The molecular formula is C33H42BrN3O4S. The molecule has 2 amide bonds. The Morgan fingerprint density at radius 2 is 1.40 bits per heavy atom. The number of nitrogens with one attached hydrogen (secondary N) is 1. The zero-order chi connectivity index (χ0) is 31.3. The molecule has 3 aromatic rings. The summed E-state index contributed by atoms with van der Waals surface area (Å²) in [5, 5.41) is 3.03. The van der Waals surface area contributed by atoms with Crippen LogP contribution < -0.4 is 9.62 Å². The summed E-state index contributed by atoms with van der Waals surface area (Å²) in [6.45, 7) is 11.6. The van der Waals surface area contributed by atoms with E-state index < -0.39 is 34.1 Å². The fraction of sp³-hybridized carbons (Fsp3) is 0.394. The Bertz CT molecular complexity index is 1460. The highest BCUT2D eigenvalue weighted by atomic mass is 79.9. The number of carbonyl (C=O) groups is 2. The lowest BCUT2D eigenvalue weighted by molar-refractivity contribution is -0.140. The van der Waals surface area contributed by atoms with Crippen molar-refractivity contribution in [2.45, 2.75) is 71.5 Å². The van der Waals surface area contributed by atoms with E-state index in [2.05, 4.69) is 42.0 Å². The van der Waals surface area contributed by atoms with Gasteiger partial charge in [-0.25, -0.2) is 8.42 Å². The summed E-state index contributed by atoms with van der Waals surface area (Å²) in [5.74, 6) is -0.787. The Hall–Kier alpha value is -3.17. The van der Waals surface area contributed by atoms with Gasteiger partial charge in [0.25, 0.3) is 0 Å². The van der Waals surface area contributed by atoms with Gasteiger partial charge in [-0.15, -0.1) is 0 Å². The summed E-state index contributed by atoms with van der Waals surface area (Å²) in [6.07, 6.45) is 1.36. The van der Waals surface area contributed by atoms with Crippen molar-refractivity contribution in [1.29, 1.82) is 0 Å². The largest absolute Gasteiger partial charge is 0.350 e. The Balaban J connectivity index is 2.06. The maximum absolute atomic E-state index is 14.2. The topological polar surface area (TPSA) is 86.8 Å². The molecule has 0 aliphatic heterocycles. The van der Waals surface area contributed by atoms with Crippen molar-refractivity contribution in [1.82, 2.24) is 10.2 Å². The molecule has 1 N–H and O–H groups in total. The molecule has 0 radical (unpaired) electrons. The Morgan fingerprint density at radius 1 is 0.833 bits per heavy atom. The van der Waals surface area contributed by atoms with Gasteiger partial charge in [-0.3, -0.25) is 13.9 Å². The normalized spacial score (nSPS) is 12.9. The van der Waals surface area contributed by atoms with Crippen molar-refractivity contribution in [2.24, 2.45) is 0 Å². The van der Waals surface area contributed by atoms with E-state index >= 15 is 0 Å². The number of halogens is 1. The molecule has 0 saturated heterocycles. The first-order valence-electron chi connectivity index (χ1n) is 13.9. The van der Waals surface area contributed by atoms with E-state index in [1.54, 1.807) is 12.1 Å². The minimum Gasteiger partial charge on any atom is -0.350 e. The third-order valence-corrected chi connectivity index (χ3v) is 8.41. The Labute approximate surface area is 259 Å². The lowest BCUT2D eigenvalue weighted by Gasteiger charge is -2.35. The van der Waals surface area contributed by atoms with E-state index in [0.29, 0.717) is 5.69 Å². The van der Waals surface area contributed by atoms with Crippen LogP contribution >= 0.6 is 15.9 Å². The SMILES string of the molecule is CC(C)(C)NC(=O)C(Cc1ccccc1)N(Cc1ccc(Br)cc1)C(=O)CN(c1ccc(C(C)(C)C)cc1)S(C)(=O)=O. The lowest BCUT2D eigenvalue weighted by Crippen LogP contribution is -2.56. The summed E-state index contributed by atoms with van der Waals surface area (Å²) < 4.78 is 28.0. The minimum atomic E-state index is -3.83. The van der Waals surface area contributed by atoms with Crippen LogP contribution in [0.25, 0.3) is 0 Å². The molecule has 42 heavy (non-hydrogen) atoms. The molecule has 3 aromatic carbocycles. The fourth-order valence-electron chi connectivity index (χ4n) is 4.53. The van der Waals surface area contributed by atoms with Crippen LogP contribution in [0.4, 0.5) is 5.69 Å². The van der Waals surface area contributed by atoms with Crippen LogP contribution in [0.15, 0.2) is 83.3 Å². The Kier molecular flexibility index (Phi) is 10.7. The number of benzene rings is 3. The molecule has 0 aliphatic rings. The number of nitrogens with zero attached hydrogens (tertiary/aromatic N) is 2. The number of amides is 2. The maximum atomic E-state index is 14.2. The van der Waals surface area contributed by atoms with Gasteiger partial charge < -0.3 is 10.2 Å². The molecule has 1 unspecified atom stereocenters. The quantitative estimate of drug-likeness (QED) is 0.287. The van der Waals surface area contributed by atoms with Gasteiger partial charge in [-0.05, 0) is 67.1 Å². The first kappa shape index (κ1) is 33.3. The fourth-order valence-corrected chi connectivity index (χ4v) is 5.65. The zero-order valence-electron chi connectivity index (χ0n) is 25.5. The molecule has 0 aliphatic carbocycles. The number of hydrogen-bond acceptors (Lipinski definition) is 4. The summed E-state index contributed by atoms with van der Waals surface area (Å²) in [7, 11) is -3.83. The van der Waals surface area contributed by atoms with Crippen LogP contribution in [-0.2, 0) is 38.0 Å². The monoisotopic (exact) mass is 655 g/mol. The number of anilines is 1. The van der Waals surface area contributed by atoms with Gasteiger partial charge in [0, 0.05) is 23.0 Å². The third kappa shape index (κ3) is 9.70. The second kappa shape index (κ2) is 13.4. The smallest absolute Gasteiger partial charge is 0.244 e. The van der Waals surface area contributed by atoms with Gasteiger partial charge >= 0.3 is 0 Å². The van der Waals surface area contributed by atoms with Gasteiger partial charge in [-0.1, -0.05) is 91.3 Å². The molecule has 0 bridgehead atoms. The first-order valence-corrected chi connectivity index (χ1v) is 16.6. The molecule has 9 heteroatoms. The number of rotatable bonds is 10. The molecule has 0 heterocycles. The van der Waals surface area contributed by atoms with E-state index in [4.69, 9.17) is 0 Å². The molecule has 0 fully saturated rings. The molecule has 3 rings (SSSR count). The predicted octanol–water partition coefficient (Wildman–Crippen LogP) is 6.07. The first-order chi connectivity index (χ1) is 19.4. The standard InChI is InChI=1S/C33H42BrN3O4S/c1-32(2,3)26-15-19-28(20-16-26)37(42(7,40)41)23-30(38)36(22-25-13-17-27(34)18-14-25)29(31(39)35-33(4,5)6)21-24-11-9-8-10-12-24/h8-20,29H,21-23H2,1-7H3,(H,35,39). The Morgan fingerprint density at radius 3 is 1.90 bits per heavy atom. The summed E-state index contributed by atoms with van der Waals surface area (Å²) in [4.78, 5) is 29.5. The van der Waals surface area contributed by atoms with E-state index in [-0.39, 0.29) is 24.3 Å². The van der Waals surface area contributed by atoms with Gasteiger partial charge in [0.15, 0.2) is 0 Å². The van der Waals surface area contributed by atoms with Crippen LogP contribution in [0, 0.1) is 0 Å². The third-order valence-electron chi connectivity index (χ3n) is 6.74. The van der Waals surface area contributed by atoms with Crippen LogP contribution in [0.3, 0.4) is 0 Å². The second-order valence-corrected chi connectivity index (χ2v) is 15.5. The minimum absolute atomic E-state index is 0.114. The van der Waals surface area contributed by atoms with Crippen molar-refractivity contribution < 1.29 is 18.0 Å². The van der Waals surface area contributed by atoms with E-state index in [9.17, 15) is 18.0 Å². The lowest BCUT2D eigenvalue weighted by atomic mass is 9.87. The predicted molar refractivity (Wildman–Crippen MR) is 174 cm³/mol. The molecular weight excluding hydrogens is 614 g/mol. The van der Waals surface area contributed by atoms with Crippen LogP contribution in [-0.4, -0.2) is 49.5 Å². The molecule has 0 saturated carbocycles. The average molecular weight is 657 g/mol. The van der Waals surface area contributed by atoms with Gasteiger partial charge in [0.1, 0.15) is 12.6 Å². The van der Waals surface area contributed by atoms with Gasteiger partial charge in [-0.2, -0.15) is 0 Å². The van der Waals surface area contributed by atoms with Crippen molar-refractivity contribution in [2.75, 3.05) is 17.1 Å².